The van der Waals surface area contributed by atoms with Crippen LogP contribution >= 0.6 is 15.9 Å². The number of hydrogen-bond donors (Lipinski definition) is 1. The Balaban J connectivity index is 2.46. The first kappa shape index (κ1) is 11.2. The van der Waals surface area contributed by atoms with Gasteiger partial charge in [-0.3, -0.25) is 0 Å². The third kappa shape index (κ3) is 2.12. The molecule has 1 aromatic carbocycles. The van der Waals surface area contributed by atoms with Crippen molar-refractivity contribution < 1.29 is 14.0 Å². The first-order valence-electron chi connectivity index (χ1n) is 4.55. The van der Waals surface area contributed by atoms with Crippen LogP contribution in [0.15, 0.2) is 27.2 Å². The average Bonchev–Trinajstić information content (AvgIpc) is 2.70. The molecule has 1 atom stereocenters. The van der Waals surface area contributed by atoms with E-state index in [4.69, 9.17) is 4.52 Å². The van der Waals surface area contributed by atoms with Crippen LogP contribution in [0.3, 0.4) is 0 Å². The smallest absolute Gasteiger partial charge is 0.255 e. The third-order valence-electron chi connectivity index (χ3n) is 1.97. The molecule has 2 aromatic rings. The molecule has 84 valence electrons. The molecular weight excluding hydrogens is 279 g/mol. The summed E-state index contributed by atoms with van der Waals surface area (Å²) < 4.78 is 18.5. The lowest BCUT2D eigenvalue weighted by molar-refractivity contribution is 0.152. The van der Waals surface area contributed by atoms with Gasteiger partial charge in [-0.2, -0.15) is 4.98 Å². The summed E-state index contributed by atoms with van der Waals surface area (Å²) in [5.41, 5.74) is 0.482. The second-order valence-corrected chi connectivity index (χ2v) is 4.11. The van der Waals surface area contributed by atoms with E-state index in [1.54, 1.807) is 6.07 Å². The van der Waals surface area contributed by atoms with Gasteiger partial charge in [-0.05, 0) is 25.1 Å². The summed E-state index contributed by atoms with van der Waals surface area (Å²) in [6.45, 7) is 1.51. The number of rotatable bonds is 2. The van der Waals surface area contributed by atoms with Gasteiger partial charge in [0.1, 0.15) is 11.9 Å². The lowest BCUT2D eigenvalue weighted by atomic mass is 10.2. The molecule has 0 spiro atoms. The zero-order chi connectivity index (χ0) is 11.7. The first-order chi connectivity index (χ1) is 7.58. The number of aromatic nitrogens is 2. The van der Waals surface area contributed by atoms with Crippen molar-refractivity contribution in [2.24, 2.45) is 0 Å². The van der Waals surface area contributed by atoms with Gasteiger partial charge in [-0.25, -0.2) is 4.39 Å². The summed E-state index contributed by atoms with van der Waals surface area (Å²) in [7, 11) is 0. The summed E-state index contributed by atoms with van der Waals surface area (Å²) in [5, 5.41) is 12.9. The van der Waals surface area contributed by atoms with Gasteiger partial charge in [0.05, 0.1) is 0 Å². The van der Waals surface area contributed by atoms with E-state index in [1.165, 1.54) is 19.1 Å². The highest BCUT2D eigenvalue weighted by Gasteiger charge is 2.15. The second kappa shape index (κ2) is 4.31. The summed E-state index contributed by atoms with van der Waals surface area (Å²) in [6.07, 6.45) is -0.839. The van der Waals surface area contributed by atoms with Crippen molar-refractivity contribution >= 4 is 15.9 Å². The average molecular weight is 287 g/mol. The molecule has 0 radical (unpaired) electrons. The Labute approximate surface area is 99.2 Å². The van der Waals surface area contributed by atoms with E-state index < -0.39 is 6.10 Å². The van der Waals surface area contributed by atoms with Gasteiger partial charge < -0.3 is 9.63 Å². The van der Waals surface area contributed by atoms with Gasteiger partial charge >= 0.3 is 0 Å². The van der Waals surface area contributed by atoms with Gasteiger partial charge in [0.15, 0.2) is 0 Å². The predicted octanol–water partition coefficient (Wildman–Crippen LogP) is 2.69. The van der Waals surface area contributed by atoms with Crippen molar-refractivity contribution in [2.75, 3.05) is 0 Å². The van der Waals surface area contributed by atoms with Gasteiger partial charge in [0.25, 0.3) is 5.89 Å². The van der Waals surface area contributed by atoms with E-state index in [2.05, 4.69) is 26.1 Å². The monoisotopic (exact) mass is 286 g/mol. The quantitative estimate of drug-likeness (QED) is 0.922. The van der Waals surface area contributed by atoms with Crippen molar-refractivity contribution in [1.29, 1.82) is 0 Å². The molecule has 4 nitrogen and oxygen atoms in total. The van der Waals surface area contributed by atoms with Gasteiger partial charge in [0, 0.05) is 10.0 Å². The fourth-order valence-electron chi connectivity index (χ4n) is 1.18. The Kier molecular flexibility index (Phi) is 3.02. The molecule has 1 heterocycles. The lowest BCUT2D eigenvalue weighted by Crippen LogP contribution is -1.91. The summed E-state index contributed by atoms with van der Waals surface area (Å²) >= 11 is 3.26. The van der Waals surface area contributed by atoms with Crippen LogP contribution in [-0.4, -0.2) is 15.2 Å². The highest BCUT2D eigenvalue weighted by molar-refractivity contribution is 9.10. The molecule has 0 bridgehead atoms. The normalized spacial score (nSPS) is 12.8. The molecule has 0 fully saturated rings. The van der Waals surface area contributed by atoms with Crippen molar-refractivity contribution in [3.05, 3.63) is 34.4 Å². The van der Waals surface area contributed by atoms with Crippen LogP contribution in [0.1, 0.15) is 18.9 Å². The molecule has 16 heavy (non-hydrogen) atoms. The van der Waals surface area contributed by atoms with Crippen LogP contribution in [0.2, 0.25) is 0 Å². The van der Waals surface area contributed by atoms with E-state index >= 15 is 0 Å². The molecule has 0 amide bonds. The summed E-state index contributed by atoms with van der Waals surface area (Å²) in [4.78, 5) is 3.96. The van der Waals surface area contributed by atoms with E-state index in [9.17, 15) is 9.50 Å². The van der Waals surface area contributed by atoms with Crippen LogP contribution in [0.25, 0.3) is 11.4 Å². The highest BCUT2D eigenvalue weighted by Crippen LogP contribution is 2.27. The van der Waals surface area contributed by atoms with Gasteiger partial charge in [-0.15, -0.1) is 0 Å². The SMILES string of the molecule is CC(O)c1nc(-c2cc(F)ccc2Br)no1. The maximum atomic E-state index is 13.0. The molecule has 0 aliphatic rings. The van der Waals surface area contributed by atoms with E-state index in [-0.39, 0.29) is 17.5 Å². The minimum atomic E-state index is -0.839. The van der Waals surface area contributed by atoms with Crippen molar-refractivity contribution in [3.8, 4) is 11.4 Å². The molecular formula is C10H8BrFN2O2. The third-order valence-corrected chi connectivity index (χ3v) is 2.66. The fraction of sp³-hybridized carbons (Fsp3) is 0.200. The predicted molar refractivity (Wildman–Crippen MR) is 58.0 cm³/mol. The summed E-state index contributed by atoms with van der Waals surface area (Å²) in [6, 6.07) is 4.17. The Bertz CT molecular complexity index is 513. The molecule has 2 rings (SSSR count). The molecule has 6 heteroatoms. The van der Waals surface area contributed by atoms with E-state index in [0.29, 0.717) is 10.0 Å². The van der Waals surface area contributed by atoms with Crippen LogP contribution in [-0.2, 0) is 0 Å². The maximum absolute atomic E-state index is 13.0. The Morgan fingerprint density at radius 1 is 1.50 bits per heavy atom. The molecule has 1 unspecified atom stereocenters. The Hall–Kier alpha value is -1.27. The Morgan fingerprint density at radius 2 is 2.25 bits per heavy atom. The minimum Gasteiger partial charge on any atom is -0.384 e. The molecule has 0 aliphatic carbocycles. The van der Waals surface area contributed by atoms with Crippen LogP contribution in [0.4, 0.5) is 4.39 Å². The Morgan fingerprint density at radius 3 is 2.88 bits per heavy atom. The molecule has 1 aromatic heterocycles. The number of aliphatic hydroxyl groups excluding tert-OH is 1. The summed E-state index contributed by atoms with van der Waals surface area (Å²) in [5.74, 6) is -0.0463. The second-order valence-electron chi connectivity index (χ2n) is 3.26. The zero-order valence-corrected chi connectivity index (χ0v) is 9.90. The molecule has 0 saturated heterocycles. The van der Waals surface area contributed by atoms with Crippen LogP contribution in [0.5, 0.6) is 0 Å². The maximum Gasteiger partial charge on any atom is 0.255 e. The van der Waals surface area contributed by atoms with E-state index in [1.807, 2.05) is 0 Å². The van der Waals surface area contributed by atoms with Crippen molar-refractivity contribution in [2.45, 2.75) is 13.0 Å². The van der Waals surface area contributed by atoms with Crippen molar-refractivity contribution in [1.82, 2.24) is 10.1 Å². The molecule has 0 saturated carbocycles. The minimum absolute atomic E-state index is 0.103. The standard InChI is InChI=1S/C10H8BrFN2O2/c1-5(15)10-13-9(14-16-10)7-4-6(12)2-3-8(7)11/h2-5,15H,1H3. The highest BCUT2D eigenvalue weighted by atomic mass is 79.9. The zero-order valence-electron chi connectivity index (χ0n) is 8.32. The van der Waals surface area contributed by atoms with Crippen molar-refractivity contribution in [3.63, 3.8) is 0 Å². The topological polar surface area (TPSA) is 59.2 Å². The van der Waals surface area contributed by atoms with Crippen LogP contribution in [0, 0.1) is 5.82 Å². The molecule has 1 N–H and O–H groups in total. The number of hydrogen-bond acceptors (Lipinski definition) is 4. The number of benzene rings is 1. The number of halogens is 2. The first-order valence-corrected chi connectivity index (χ1v) is 5.34. The van der Waals surface area contributed by atoms with Gasteiger partial charge in [0.2, 0.25) is 5.82 Å². The van der Waals surface area contributed by atoms with E-state index in [0.717, 1.165) is 0 Å². The number of nitrogens with zero attached hydrogens (tertiary/aromatic N) is 2. The van der Waals surface area contributed by atoms with Crippen LogP contribution < -0.4 is 0 Å². The largest absolute Gasteiger partial charge is 0.384 e. The fourth-order valence-corrected chi connectivity index (χ4v) is 1.61. The van der Waals surface area contributed by atoms with Gasteiger partial charge in [-0.1, -0.05) is 21.1 Å². The lowest BCUT2D eigenvalue weighted by Gasteiger charge is -1.98. The number of aliphatic hydroxyl groups is 1. The molecule has 0 aliphatic heterocycles.